The quantitative estimate of drug-likeness (QED) is 0.760. The van der Waals surface area contributed by atoms with Crippen LogP contribution in [0.4, 0.5) is 0 Å². The normalized spacial score (nSPS) is 40.7. The van der Waals surface area contributed by atoms with Crippen LogP contribution < -0.4 is 5.32 Å². The summed E-state index contributed by atoms with van der Waals surface area (Å²) in [7, 11) is 0. The topological polar surface area (TPSA) is 35.5 Å². The van der Waals surface area contributed by atoms with Crippen molar-refractivity contribution in [2.75, 3.05) is 19.7 Å². The monoisotopic (exact) mass is 226 g/mol. The van der Waals surface area contributed by atoms with E-state index in [1.54, 1.807) is 0 Å². The van der Waals surface area contributed by atoms with E-state index in [1.807, 2.05) is 0 Å². The van der Waals surface area contributed by atoms with E-state index in [4.69, 9.17) is 0 Å². The molecular formula is C13H26N2O. The van der Waals surface area contributed by atoms with Gasteiger partial charge in [-0.1, -0.05) is 6.92 Å². The molecular weight excluding hydrogens is 200 g/mol. The smallest absolute Gasteiger partial charge is 0.0613 e. The number of hydrogen-bond acceptors (Lipinski definition) is 3. The summed E-state index contributed by atoms with van der Waals surface area (Å²) in [5, 5.41) is 13.1. The van der Waals surface area contributed by atoms with Crippen molar-refractivity contribution in [2.24, 2.45) is 0 Å². The molecule has 2 rings (SSSR count). The summed E-state index contributed by atoms with van der Waals surface area (Å²) >= 11 is 0. The van der Waals surface area contributed by atoms with Crippen molar-refractivity contribution in [3.8, 4) is 0 Å². The van der Waals surface area contributed by atoms with Gasteiger partial charge < -0.3 is 10.4 Å². The number of likely N-dealkylation sites (tertiary alicyclic amines) is 1. The lowest BCUT2D eigenvalue weighted by atomic mass is 9.98. The molecule has 3 unspecified atom stereocenters. The second kappa shape index (κ2) is 5.03. The first kappa shape index (κ1) is 12.3. The van der Waals surface area contributed by atoms with Crippen LogP contribution in [0.5, 0.6) is 0 Å². The van der Waals surface area contributed by atoms with Gasteiger partial charge in [0, 0.05) is 17.6 Å². The highest BCUT2D eigenvalue weighted by Crippen LogP contribution is 2.35. The molecule has 1 aliphatic heterocycles. The summed E-state index contributed by atoms with van der Waals surface area (Å²) in [6.07, 6.45) is 6.21. The highest BCUT2D eigenvalue weighted by atomic mass is 16.3. The van der Waals surface area contributed by atoms with Crippen molar-refractivity contribution in [1.29, 1.82) is 0 Å². The summed E-state index contributed by atoms with van der Waals surface area (Å²) in [6, 6.07) is 1.45. The van der Waals surface area contributed by atoms with Crippen LogP contribution in [0.15, 0.2) is 0 Å². The SMILES string of the molecule is CCNC1(CO)CCC(N2CCCC2C)C1. The molecule has 0 bridgehead atoms. The van der Waals surface area contributed by atoms with Crippen molar-refractivity contribution in [3.05, 3.63) is 0 Å². The number of nitrogens with zero attached hydrogens (tertiary/aromatic N) is 1. The standard InChI is InChI=1S/C13H26N2O/c1-3-14-13(10-16)7-6-12(9-13)15-8-4-5-11(15)2/h11-12,14,16H,3-10H2,1-2H3. The molecule has 1 saturated carbocycles. The number of aliphatic hydroxyl groups excluding tert-OH is 1. The number of likely N-dealkylation sites (N-methyl/N-ethyl adjacent to an activating group) is 1. The summed E-state index contributed by atoms with van der Waals surface area (Å²) in [5.74, 6) is 0. The van der Waals surface area contributed by atoms with Crippen LogP contribution in [0.25, 0.3) is 0 Å². The van der Waals surface area contributed by atoms with Crippen LogP contribution >= 0.6 is 0 Å². The third kappa shape index (κ3) is 2.27. The Balaban J connectivity index is 1.95. The Labute approximate surface area is 99.2 Å². The zero-order valence-electron chi connectivity index (χ0n) is 10.7. The van der Waals surface area contributed by atoms with Gasteiger partial charge in [0.05, 0.1) is 6.61 Å². The molecule has 0 aromatic carbocycles. The Morgan fingerprint density at radius 2 is 2.25 bits per heavy atom. The maximum atomic E-state index is 9.59. The number of rotatable bonds is 4. The molecule has 3 nitrogen and oxygen atoms in total. The minimum Gasteiger partial charge on any atom is -0.394 e. The molecule has 3 heteroatoms. The minimum atomic E-state index is 0.0156. The van der Waals surface area contributed by atoms with Crippen LogP contribution in [0.1, 0.15) is 46.0 Å². The van der Waals surface area contributed by atoms with Gasteiger partial charge in [0.1, 0.15) is 0 Å². The van der Waals surface area contributed by atoms with E-state index in [0.717, 1.165) is 25.4 Å². The maximum absolute atomic E-state index is 9.59. The third-order valence-electron chi connectivity index (χ3n) is 4.51. The van der Waals surface area contributed by atoms with E-state index in [-0.39, 0.29) is 5.54 Å². The predicted octanol–water partition coefficient (Wildman–Crippen LogP) is 1.36. The molecule has 0 amide bonds. The molecule has 1 aliphatic carbocycles. The second-order valence-electron chi connectivity index (χ2n) is 5.59. The van der Waals surface area contributed by atoms with E-state index in [0.29, 0.717) is 12.6 Å². The average Bonchev–Trinajstić information content (AvgIpc) is 2.86. The fourth-order valence-electron chi connectivity index (χ4n) is 3.61. The van der Waals surface area contributed by atoms with Gasteiger partial charge in [-0.3, -0.25) is 4.90 Å². The van der Waals surface area contributed by atoms with Crippen LogP contribution in [-0.4, -0.2) is 47.3 Å². The van der Waals surface area contributed by atoms with Crippen LogP contribution in [-0.2, 0) is 0 Å². The number of aliphatic hydroxyl groups is 1. The first-order chi connectivity index (χ1) is 7.71. The lowest BCUT2D eigenvalue weighted by Crippen LogP contribution is -2.48. The van der Waals surface area contributed by atoms with E-state index < -0.39 is 0 Å². The first-order valence-corrected chi connectivity index (χ1v) is 6.82. The Morgan fingerprint density at radius 1 is 1.44 bits per heavy atom. The largest absolute Gasteiger partial charge is 0.394 e. The summed E-state index contributed by atoms with van der Waals surface area (Å²) in [4.78, 5) is 2.66. The molecule has 0 radical (unpaired) electrons. The van der Waals surface area contributed by atoms with Crippen molar-refractivity contribution >= 4 is 0 Å². The molecule has 2 aliphatic rings. The fraction of sp³-hybridized carbons (Fsp3) is 1.00. The molecule has 2 fully saturated rings. The van der Waals surface area contributed by atoms with Gasteiger partial charge >= 0.3 is 0 Å². The lowest BCUT2D eigenvalue weighted by molar-refractivity contribution is 0.141. The summed E-state index contributed by atoms with van der Waals surface area (Å²) in [6.45, 7) is 6.99. The predicted molar refractivity (Wildman–Crippen MR) is 66.5 cm³/mol. The van der Waals surface area contributed by atoms with Crippen molar-refractivity contribution in [2.45, 2.75) is 63.6 Å². The Hall–Kier alpha value is -0.120. The van der Waals surface area contributed by atoms with E-state index in [9.17, 15) is 5.11 Å². The molecule has 0 aromatic rings. The Morgan fingerprint density at radius 3 is 2.81 bits per heavy atom. The fourth-order valence-corrected chi connectivity index (χ4v) is 3.61. The average molecular weight is 226 g/mol. The number of hydrogen-bond donors (Lipinski definition) is 2. The Kier molecular flexibility index (Phi) is 3.88. The number of nitrogens with one attached hydrogen (secondary N) is 1. The van der Waals surface area contributed by atoms with Crippen molar-refractivity contribution in [3.63, 3.8) is 0 Å². The lowest BCUT2D eigenvalue weighted by Gasteiger charge is -2.32. The van der Waals surface area contributed by atoms with E-state index >= 15 is 0 Å². The molecule has 2 N–H and O–H groups in total. The highest BCUT2D eigenvalue weighted by molar-refractivity contribution is 5.00. The van der Waals surface area contributed by atoms with E-state index in [2.05, 4.69) is 24.1 Å². The molecule has 3 atom stereocenters. The highest BCUT2D eigenvalue weighted by Gasteiger charge is 2.41. The molecule has 0 aromatic heterocycles. The zero-order chi connectivity index (χ0) is 11.6. The van der Waals surface area contributed by atoms with Crippen molar-refractivity contribution in [1.82, 2.24) is 10.2 Å². The van der Waals surface area contributed by atoms with Crippen LogP contribution in [0.3, 0.4) is 0 Å². The van der Waals surface area contributed by atoms with Gasteiger partial charge in [-0.25, -0.2) is 0 Å². The molecule has 16 heavy (non-hydrogen) atoms. The summed E-state index contributed by atoms with van der Waals surface area (Å²) < 4.78 is 0. The molecule has 1 heterocycles. The van der Waals surface area contributed by atoms with Gasteiger partial charge in [0.15, 0.2) is 0 Å². The van der Waals surface area contributed by atoms with Gasteiger partial charge in [-0.15, -0.1) is 0 Å². The van der Waals surface area contributed by atoms with Gasteiger partial charge in [0.25, 0.3) is 0 Å². The first-order valence-electron chi connectivity index (χ1n) is 6.82. The Bertz CT molecular complexity index is 234. The van der Waals surface area contributed by atoms with Crippen LogP contribution in [0.2, 0.25) is 0 Å². The second-order valence-corrected chi connectivity index (χ2v) is 5.59. The minimum absolute atomic E-state index is 0.0156. The summed E-state index contributed by atoms with van der Waals surface area (Å²) in [5.41, 5.74) is 0.0156. The maximum Gasteiger partial charge on any atom is 0.0613 e. The molecule has 94 valence electrons. The van der Waals surface area contributed by atoms with E-state index in [1.165, 1.54) is 25.8 Å². The van der Waals surface area contributed by atoms with Crippen molar-refractivity contribution < 1.29 is 5.11 Å². The third-order valence-corrected chi connectivity index (χ3v) is 4.51. The molecule has 1 saturated heterocycles. The zero-order valence-corrected chi connectivity index (χ0v) is 10.7. The van der Waals surface area contributed by atoms with Gasteiger partial charge in [-0.05, 0) is 52.1 Å². The van der Waals surface area contributed by atoms with Crippen LogP contribution in [0, 0.1) is 0 Å². The van der Waals surface area contributed by atoms with Gasteiger partial charge in [0.2, 0.25) is 0 Å². The van der Waals surface area contributed by atoms with Gasteiger partial charge in [-0.2, -0.15) is 0 Å². The molecule has 0 spiro atoms.